The van der Waals surface area contributed by atoms with E-state index in [1.165, 1.54) is 55.2 Å². The number of carbonyl (C=O) groups excluding carboxylic acids is 1. The molecular formula is C23H32N4OS. The van der Waals surface area contributed by atoms with E-state index < -0.39 is 0 Å². The second-order valence-corrected chi connectivity index (χ2v) is 10.2. The molecule has 0 bridgehead atoms. The van der Waals surface area contributed by atoms with Crippen LogP contribution in [0.2, 0.25) is 0 Å². The van der Waals surface area contributed by atoms with E-state index in [-0.39, 0.29) is 5.92 Å². The first-order valence-electron chi connectivity index (χ1n) is 11.5. The van der Waals surface area contributed by atoms with Gasteiger partial charge in [-0.25, -0.2) is 9.97 Å². The number of rotatable bonds is 3. The topological polar surface area (TPSA) is 49.3 Å². The van der Waals surface area contributed by atoms with E-state index in [0.29, 0.717) is 11.8 Å². The number of likely N-dealkylation sites (tertiary alicyclic amines) is 1. The van der Waals surface area contributed by atoms with Gasteiger partial charge in [-0.1, -0.05) is 19.3 Å². The van der Waals surface area contributed by atoms with Gasteiger partial charge in [0.1, 0.15) is 11.6 Å². The highest BCUT2D eigenvalue weighted by Gasteiger charge is 2.31. The van der Waals surface area contributed by atoms with Crippen LogP contribution in [0, 0.1) is 12.8 Å². The smallest absolute Gasteiger partial charge is 0.225 e. The fourth-order valence-corrected chi connectivity index (χ4v) is 5.85. The van der Waals surface area contributed by atoms with Crippen LogP contribution in [0.25, 0.3) is 10.9 Å². The summed E-state index contributed by atoms with van der Waals surface area (Å²) in [5, 5.41) is 3.42. The lowest BCUT2D eigenvalue weighted by molar-refractivity contribution is -0.136. The first kappa shape index (κ1) is 19.3. The first-order chi connectivity index (χ1) is 14.2. The number of aryl methyl sites for hydroxylation is 1. The fraction of sp³-hybridized carbons (Fsp3) is 0.696. The molecule has 1 amide bonds. The lowest BCUT2D eigenvalue weighted by atomic mass is 9.85. The van der Waals surface area contributed by atoms with E-state index in [2.05, 4.69) is 22.1 Å². The quantitative estimate of drug-likeness (QED) is 0.720. The van der Waals surface area contributed by atoms with E-state index in [9.17, 15) is 4.79 Å². The molecule has 4 heterocycles. The van der Waals surface area contributed by atoms with E-state index in [4.69, 9.17) is 9.97 Å². The molecule has 0 atom stereocenters. The van der Waals surface area contributed by atoms with Crippen molar-refractivity contribution in [3.63, 3.8) is 0 Å². The third kappa shape index (κ3) is 3.76. The number of piperidine rings is 1. The number of fused-ring (bicyclic) bond motifs is 1. The van der Waals surface area contributed by atoms with Crippen molar-refractivity contribution in [1.29, 1.82) is 0 Å². The van der Waals surface area contributed by atoms with E-state index in [0.717, 1.165) is 56.2 Å². The molecular weight excluding hydrogens is 380 g/mol. The van der Waals surface area contributed by atoms with Crippen molar-refractivity contribution in [3.05, 3.63) is 16.1 Å². The Morgan fingerprint density at radius 3 is 2.34 bits per heavy atom. The van der Waals surface area contributed by atoms with Gasteiger partial charge >= 0.3 is 0 Å². The Morgan fingerprint density at radius 1 is 0.966 bits per heavy atom. The number of thiophene rings is 1. The zero-order chi connectivity index (χ0) is 19.8. The monoisotopic (exact) mass is 412 g/mol. The SMILES string of the molecule is Cc1scc2nc(C3CCC3)nc(N3CCC(C(=O)N4CCCCCC4)CC3)c12. The molecule has 29 heavy (non-hydrogen) atoms. The van der Waals surface area contributed by atoms with Crippen molar-refractivity contribution < 1.29 is 4.79 Å². The maximum atomic E-state index is 13.0. The average molecular weight is 413 g/mol. The molecule has 6 heteroatoms. The third-order valence-corrected chi connectivity index (χ3v) is 8.07. The van der Waals surface area contributed by atoms with Crippen molar-refractivity contribution in [3.8, 4) is 0 Å². The van der Waals surface area contributed by atoms with Gasteiger partial charge in [-0.05, 0) is 45.4 Å². The largest absolute Gasteiger partial charge is 0.356 e. The highest BCUT2D eigenvalue weighted by atomic mass is 32.1. The first-order valence-corrected chi connectivity index (χ1v) is 12.4. The van der Waals surface area contributed by atoms with Gasteiger partial charge < -0.3 is 9.80 Å². The van der Waals surface area contributed by atoms with Crippen LogP contribution < -0.4 is 4.90 Å². The number of carbonyl (C=O) groups is 1. The van der Waals surface area contributed by atoms with Crippen LogP contribution in [-0.4, -0.2) is 47.0 Å². The van der Waals surface area contributed by atoms with E-state index >= 15 is 0 Å². The third-order valence-electron chi connectivity index (χ3n) is 7.17. The second-order valence-electron chi connectivity index (χ2n) is 9.09. The average Bonchev–Trinajstić information content (AvgIpc) is 2.91. The zero-order valence-electron chi connectivity index (χ0n) is 17.5. The number of anilines is 1. The Kier molecular flexibility index (Phi) is 5.46. The predicted octanol–water partition coefficient (Wildman–Crippen LogP) is 4.89. The van der Waals surface area contributed by atoms with Crippen LogP contribution >= 0.6 is 11.3 Å². The summed E-state index contributed by atoms with van der Waals surface area (Å²) < 4.78 is 0. The lowest BCUT2D eigenvalue weighted by Crippen LogP contribution is -2.43. The maximum Gasteiger partial charge on any atom is 0.225 e. The zero-order valence-corrected chi connectivity index (χ0v) is 18.3. The molecule has 5 rings (SSSR count). The van der Waals surface area contributed by atoms with Crippen LogP contribution in [0.5, 0.6) is 0 Å². The molecule has 2 saturated heterocycles. The van der Waals surface area contributed by atoms with E-state index in [1.54, 1.807) is 11.3 Å². The van der Waals surface area contributed by atoms with Crippen LogP contribution in [0.15, 0.2) is 5.38 Å². The van der Waals surface area contributed by atoms with Gasteiger partial charge in [-0.2, -0.15) is 0 Å². The van der Waals surface area contributed by atoms with Crippen molar-refractivity contribution in [1.82, 2.24) is 14.9 Å². The van der Waals surface area contributed by atoms with Gasteiger partial charge in [0.05, 0.1) is 10.9 Å². The molecule has 156 valence electrons. The Morgan fingerprint density at radius 2 is 1.69 bits per heavy atom. The minimum atomic E-state index is 0.191. The number of nitrogens with zero attached hydrogens (tertiary/aromatic N) is 4. The van der Waals surface area contributed by atoms with Crippen molar-refractivity contribution in [2.75, 3.05) is 31.1 Å². The van der Waals surface area contributed by atoms with Crippen molar-refractivity contribution >= 4 is 34.0 Å². The standard InChI is InChI=1S/C23H32N4OS/c1-16-20-19(15-29-16)24-21(17-7-6-8-17)25-22(20)26-13-9-18(10-14-26)23(28)27-11-4-2-3-5-12-27/h15,17-18H,2-14H2,1H3. The van der Waals surface area contributed by atoms with Gasteiger partial charge in [0, 0.05) is 48.3 Å². The minimum Gasteiger partial charge on any atom is -0.356 e. The van der Waals surface area contributed by atoms with Gasteiger partial charge in [0.15, 0.2) is 0 Å². The van der Waals surface area contributed by atoms with E-state index in [1.807, 2.05) is 0 Å². The molecule has 2 aromatic heterocycles. The molecule has 3 fully saturated rings. The molecule has 1 saturated carbocycles. The molecule has 0 N–H and O–H groups in total. The summed E-state index contributed by atoms with van der Waals surface area (Å²) in [4.78, 5) is 28.9. The molecule has 2 aromatic rings. The number of aromatic nitrogens is 2. The number of amides is 1. The second kappa shape index (κ2) is 8.21. The number of hydrogen-bond donors (Lipinski definition) is 0. The predicted molar refractivity (Wildman–Crippen MR) is 119 cm³/mol. The summed E-state index contributed by atoms with van der Waals surface area (Å²) in [6.45, 7) is 5.96. The van der Waals surface area contributed by atoms with Crippen LogP contribution in [-0.2, 0) is 4.79 Å². The van der Waals surface area contributed by atoms with Crippen LogP contribution in [0.4, 0.5) is 5.82 Å². The van der Waals surface area contributed by atoms with Gasteiger partial charge in [0.25, 0.3) is 0 Å². The minimum absolute atomic E-state index is 0.191. The molecule has 0 aromatic carbocycles. The van der Waals surface area contributed by atoms with Crippen molar-refractivity contribution in [2.45, 2.75) is 70.6 Å². The Labute approximate surface area is 177 Å². The van der Waals surface area contributed by atoms with Gasteiger partial charge in [-0.15, -0.1) is 11.3 Å². The Bertz CT molecular complexity index is 874. The maximum absolute atomic E-state index is 13.0. The van der Waals surface area contributed by atoms with Gasteiger partial charge in [0.2, 0.25) is 5.91 Å². The molecule has 5 nitrogen and oxygen atoms in total. The molecule has 2 aliphatic heterocycles. The molecule has 0 radical (unpaired) electrons. The summed E-state index contributed by atoms with van der Waals surface area (Å²) >= 11 is 1.78. The molecule has 0 unspecified atom stereocenters. The van der Waals surface area contributed by atoms with Crippen LogP contribution in [0.3, 0.4) is 0 Å². The highest BCUT2D eigenvalue weighted by molar-refractivity contribution is 7.11. The fourth-order valence-electron chi connectivity index (χ4n) is 5.07. The summed E-state index contributed by atoms with van der Waals surface area (Å²) in [5.74, 6) is 3.30. The number of hydrogen-bond acceptors (Lipinski definition) is 5. The lowest BCUT2D eigenvalue weighted by Gasteiger charge is -2.35. The Hall–Kier alpha value is -1.69. The summed E-state index contributed by atoms with van der Waals surface area (Å²) in [7, 11) is 0. The van der Waals surface area contributed by atoms with Crippen LogP contribution in [0.1, 0.15) is 74.4 Å². The molecule has 0 spiro atoms. The normalized spacial score (nSPS) is 22.0. The molecule has 1 aliphatic carbocycles. The molecule has 3 aliphatic rings. The highest BCUT2D eigenvalue weighted by Crippen LogP contribution is 2.39. The summed E-state index contributed by atoms with van der Waals surface area (Å²) in [6, 6.07) is 0. The summed E-state index contributed by atoms with van der Waals surface area (Å²) in [6.07, 6.45) is 10.5. The Balaban J connectivity index is 1.33. The summed E-state index contributed by atoms with van der Waals surface area (Å²) in [5.41, 5.74) is 1.11. The van der Waals surface area contributed by atoms with Gasteiger partial charge in [-0.3, -0.25) is 4.79 Å². The van der Waals surface area contributed by atoms with Crippen molar-refractivity contribution in [2.24, 2.45) is 5.92 Å².